The van der Waals surface area contributed by atoms with Crippen molar-refractivity contribution in [2.75, 3.05) is 6.54 Å². The first-order chi connectivity index (χ1) is 9.24. The lowest BCUT2D eigenvalue weighted by atomic mass is 10.1. The smallest absolute Gasteiger partial charge is 0.131 e. The molecule has 19 heavy (non-hydrogen) atoms. The lowest BCUT2D eigenvalue weighted by molar-refractivity contribution is 0.474. The number of hydrogen-bond donors (Lipinski definition) is 1. The predicted octanol–water partition coefficient (Wildman–Crippen LogP) is 2.75. The van der Waals surface area contributed by atoms with E-state index in [0.29, 0.717) is 11.6 Å². The molecule has 0 aliphatic carbocycles. The Hall–Kier alpha value is -1.68. The third-order valence-corrected chi connectivity index (χ3v) is 3.68. The van der Waals surface area contributed by atoms with Gasteiger partial charge in [-0.2, -0.15) is 5.10 Å². The molecule has 1 N–H and O–H groups in total. The van der Waals surface area contributed by atoms with Crippen molar-refractivity contribution in [1.82, 2.24) is 15.1 Å². The summed E-state index contributed by atoms with van der Waals surface area (Å²) >= 11 is 0. The average Bonchev–Trinajstić information content (AvgIpc) is 3.01. The molecular formula is C15H18FN3. The zero-order valence-electron chi connectivity index (χ0n) is 11.1. The molecule has 3 nitrogen and oxygen atoms in total. The van der Waals surface area contributed by atoms with Crippen LogP contribution in [-0.4, -0.2) is 22.4 Å². The molecule has 4 heteroatoms. The van der Waals surface area contributed by atoms with Gasteiger partial charge in [0.25, 0.3) is 0 Å². The number of nitrogens with one attached hydrogen (secondary N) is 1. The highest BCUT2D eigenvalue weighted by atomic mass is 19.1. The summed E-state index contributed by atoms with van der Waals surface area (Å²) in [7, 11) is 0. The molecule has 1 aliphatic heterocycles. The van der Waals surface area contributed by atoms with Crippen molar-refractivity contribution in [3.63, 3.8) is 0 Å². The Morgan fingerprint density at radius 3 is 2.95 bits per heavy atom. The fraction of sp³-hybridized carbons (Fsp3) is 0.400. The zero-order valence-corrected chi connectivity index (χ0v) is 11.1. The number of aromatic nitrogens is 2. The lowest BCUT2D eigenvalue weighted by Crippen LogP contribution is -2.26. The number of benzene rings is 1. The molecule has 1 aromatic heterocycles. The second kappa shape index (κ2) is 5.13. The lowest BCUT2D eigenvalue weighted by Gasteiger charge is -2.09. The van der Waals surface area contributed by atoms with E-state index >= 15 is 0 Å². The van der Waals surface area contributed by atoms with E-state index in [2.05, 4.69) is 10.4 Å². The maximum Gasteiger partial charge on any atom is 0.131 e. The monoisotopic (exact) mass is 259 g/mol. The molecule has 1 aliphatic rings. The van der Waals surface area contributed by atoms with Gasteiger partial charge in [0.15, 0.2) is 0 Å². The van der Waals surface area contributed by atoms with Gasteiger partial charge in [-0.15, -0.1) is 0 Å². The molecule has 0 bridgehead atoms. The summed E-state index contributed by atoms with van der Waals surface area (Å²) in [5.41, 5.74) is 2.39. The van der Waals surface area contributed by atoms with Crippen LogP contribution in [0.25, 0.3) is 11.1 Å². The molecule has 0 amide bonds. The van der Waals surface area contributed by atoms with Gasteiger partial charge in [0, 0.05) is 23.4 Å². The molecule has 0 radical (unpaired) electrons. The van der Waals surface area contributed by atoms with Crippen molar-refractivity contribution < 1.29 is 4.39 Å². The highest BCUT2D eigenvalue weighted by molar-refractivity contribution is 5.65. The van der Waals surface area contributed by atoms with Gasteiger partial charge in [0.05, 0.1) is 12.2 Å². The molecule has 1 unspecified atom stereocenters. The SMILES string of the molecule is Cc1nn(CC2CCCN2)cc1-c1ccccc1F. The van der Waals surface area contributed by atoms with E-state index in [1.54, 1.807) is 12.1 Å². The number of nitrogens with zero attached hydrogens (tertiary/aromatic N) is 2. The topological polar surface area (TPSA) is 29.9 Å². The Balaban J connectivity index is 1.87. The van der Waals surface area contributed by atoms with Crippen LogP contribution >= 0.6 is 0 Å². The van der Waals surface area contributed by atoms with Crippen LogP contribution < -0.4 is 5.32 Å². The molecule has 1 fully saturated rings. The van der Waals surface area contributed by atoms with Crippen LogP contribution in [0, 0.1) is 12.7 Å². The van der Waals surface area contributed by atoms with E-state index in [0.717, 1.165) is 24.3 Å². The van der Waals surface area contributed by atoms with E-state index in [4.69, 9.17) is 0 Å². The highest BCUT2D eigenvalue weighted by Crippen LogP contribution is 2.25. The van der Waals surface area contributed by atoms with Crippen LogP contribution in [0.5, 0.6) is 0 Å². The zero-order chi connectivity index (χ0) is 13.2. The van der Waals surface area contributed by atoms with Crippen molar-refractivity contribution in [2.45, 2.75) is 32.4 Å². The largest absolute Gasteiger partial charge is 0.312 e. The highest BCUT2D eigenvalue weighted by Gasteiger charge is 2.17. The fourth-order valence-electron chi connectivity index (χ4n) is 2.69. The Morgan fingerprint density at radius 2 is 2.21 bits per heavy atom. The van der Waals surface area contributed by atoms with E-state index in [-0.39, 0.29) is 5.82 Å². The first kappa shape index (κ1) is 12.4. The minimum absolute atomic E-state index is 0.191. The van der Waals surface area contributed by atoms with Gasteiger partial charge in [-0.3, -0.25) is 4.68 Å². The van der Waals surface area contributed by atoms with E-state index in [9.17, 15) is 4.39 Å². The number of hydrogen-bond acceptors (Lipinski definition) is 2. The number of rotatable bonds is 3. The number of aryl methyl sites for hydroxylation is 1. The van der Waals surface area contributed by atoms with Gasteiger partial charge < -0.3 is 5.32 Å². The standard InChI is InChI=1S/C15H18FN3/c1-11-14(13-6-2-3-7-15(13)16)10-19(18-11)9-12-5-4-8-17-12/h2-3,6-7,10,12,17H,4-5,8-9H2,1H3. The first-order valence-corrected chi connectivity index (χ1v) is 6.76. The summed E-state index contributed by atoms with van der Waals surface area (Å²) in [5, 5.41) is 7.95. The Labute approximate surface area is 112 Å². The van der Waals surface area contributed by atoms with E-state index in [1.807, 2.05) is 23.9 Å². The second-order valence-corrected chi connectivity index (χ2v) is 5.12. The average molecular weight is 259 g/mol. The Morgan fingerprint density at radius 1 is 1.37 bits per heavy atom. The quantitative estimate of drug-likeness (QED) is 0.918. The van der Waals surface area contributed by atoms with Crippen LogP contribution in [0.4, 0.5) is 4.39 Å². The van der Waals surface area contributed by atoms with Crippen molar-refractivity contribution in [3.8, 4) is 11.1 Å². The van der Waals surface area contributed by atoms with Crippen molar-refractivity contribution in [2.24, 2.45) is 0 Å². The van der Waals surface area contributed by atoms with Crippen molar-refractivity contribution >= 4 is 0 Å². The van der Waals surface area contributed by atoms with Crippen LogP contribution in [0.15, 0.2) is 30.5 Å². The van der Waals surface area contributed by atoms with Crippen molar-refractivity contribution in [1.29, 1.82) is 0 Å². The van der Waals surface area contributed by atoms with Gasteiger partial charge in [0.1, 0.15) is 5.82 Å². The summed E-state index contributed by atoms with van der Waals surface area (Å²) in [4.78, 5) is 0. The van der Waals surface area contributed by atoms with E-state index in [1.165, 1.54) is 18.9 Å². The molecule has 3 rings (SSSR count). The molecule has 0 spiro atoms. The van der Waals surface area contributed by atoms with Crippen molar-refractivity contribution in [3.05, 3.63) is 42.0 Å². The normalized spacial score (nSPS) is 18.9. The van der Waals surface area contributed by atoms with Gasteiger partial charge in [0.2, 0.25) is 0 Å². The summed E-state index contributed by atoms with van der Waals surface area (Å²) in [6.45, 7) is 3.88. The first-order valence-electron chi connectivity index (χ1n) is 6.76. The second-order valence-electron chi connectivity index (χ2n) is 5.12. The minimum Gasteiger partial charge on any atom is -0.312 e. The Kier molecular flexibility index (Phi) is 3.34. The van der Waals surface area contributed by atoms with Crippen LogP contribution in [0.1, 0.15) is 18.5 Å². The summed E-state index contributed by atoms with van der Waals surface area (Å²) < 4.78 is 15.8. The molecule has 2 heterocycles. The molecule has 1 saturated heterocycles. The molecular weight excluding hydrogens is 241 g/mol. The van der Waals surface area contributed by atoms with Gasteiger partial charge in [-0.05, 0) is 32.4 Å². The maximum absolute atomic E-state index is 13.8. The number of halogens is 1. The van der Waals surface area contributed by atoms with Crippen LogP contribution in [0.2, 0.25) is 0 Å². The molecule has 1 aromatic carbocycles. The maximum atomic E-state index is 13.8. The molecule has 100 valence electrons. The fourth-order valence-corrected chi connectivity index (χ4v) is 2.69. The van der Waals surface area contributed by atoms with Gasteiger partial charge >= 0.3 is 0 Å². The summed E-state index contributed by atoms with van der Waals surface area (Å²) in [5.74, 6) is -0.191. The van der Waals surface area contributed by atoms with Gasteiger partial charge in [-0.1, -0.05) is 18.2 Å². The van der Waals surface area contributed by atoms with Gasteiger partial charge in [-0.25, -0.2) is 4.39 Å². The molecule has 1 atom stereocenters. The Bertz CT molecular complexity index is 571. The third-order valence-electron chi connectivity index (χ3n) is 3.68. The van der Waals surface area contributed by atoms with Crippen LogP contribution in [0.3, 0.4) is 0 Å². The predicted molar refractivity (Wildman–Crippen MR) is 73.4 cm³/mol. The molecule has 2 aromatic rings. The summed E-state index contributed by atoms with van der Waals surface area (Å²) in [6, 6.07) is 7.35. The minimum atomic E-state index is -0.191. The van der Waals surface area contributed by atoms with E-state index < -0.39 is 0 Å². The van der Waals surface area contributed by atoms with Crippen LogP contribution in [-0.2, 0) is 6.54 Å². The third kappa shape index (κ3) is 2.54. The molecule has 0 saturated carbocycles. The summed E-state index contributed by atoms with van der Waals surface area (Å²) in [6.07, 6.45) is 4.37.